The minimum absolute atomic E-state index is 0.103. The summed E-state index contributed by atoms with van der Waals surface area (Å²) in [6.07, 6.45) is 0.696. The van der Waals surface area contributed by atoms with E-state index < -0.39 is 10.8 Å². The molecule has 0 spiro atoms. The topological polar surface area (TPSA) is 72.2 Å². The second-order valence-electron chi connectivity index (χ2n) is 5.27. The monoisotopic (exact) mass is 332 g/mol. The zero-order valence-electron chi connectivity index (χ0n) is 12.9. The SMILES string of the molecule is CC[C@@H](NC(=O)c1cc([N+](=O)[O-])ccc1Cl)c1ccc(C)cc1. The van der Waals surface area contributed by atoms with E-state index in [0.29, 0.717) is 6.42 Å². The third-order valence-corrected chi connectivity index (χ3v) is 3.93. The minimum Gasteiger partial charge on any atom is -0.345 e. The van der Waals surface area contributed by atoms with E-state index in [1.54, 1.807) is 0 Å². The zero-order chi connectivity index (χ0) is 17.0. The molecule has 23 heavy (non-hydrogen) atoms. The van der Waals surface area contributed by atoms with Gasteiger partial charge in [-0.1, -0.05) is 48.4 Å². The molecule has 0 aliphatic rings. The van der Waals surface area contributed by atoms with E-state index in [0.717, 1.165) is 11.1 Å². The number of aryl methyl sites for hydroxylation is 1. The molecule has 5 nitrogen and oxygen atoms in total. The highest BCUT2D eigenvalue weighted by molar-refractivity contribution is 6.33. The molecule has 2 rings (SSSR count). The zero-order valence-corrected chi connectivity index (χ0v) is 13.6. The van der Waals surface area contributed by atoms with E-state index in [4.69, 9.17) is 11.6 Å². The summed E-state index contributed by atoms with van der Waals surface area (Å²) in [4.78, 5) is 22.7. The molecule has 1 N–H and O–H groups in total. The molecule has 0 heterocycles. The predicted octanol–water partition coefficient (Wildman–Crippen LogP) is 4.44. The summed E-state index contributed by atoms with van der Waals surface area (Å²) < 4.78 is 0. The molecule has 0 bridgehead atoms. The molecule has 0 radical (unpaired) electrons. The Hall–Kier alpha value is -2.40. The first-order valence-electron chi connectivity index (χ1n) is 7.23. The van der Waals surface area contributed by atoms with Gasteiger partial charge in [0.2, 0.25) is 0 Å². The van der Waals surface area contributed by atoms with Crippen LogP contribution in [0.4, 0.5) is 5.69 Å². The van der Waals surface area contributed by atoms with Crippen molar-refractivity contribution in [2.45, 2.75) is 26.3 Å². The van der Waals surface area contributed by atoms with Gasteiger partial charge in [0.25, 0.3) is 11.6 Å². The summed E-state index contributed by atoms with van der Waals surface area (Å²) in [6, 6.07) is 11.5. The largest absolute Gasteiger partial charge is 0.345 e. The van der Waals surface area contributed by atoms with Crippen LogP contribution in [0, 0.1) is 17.0 Å². The van der Waals surface area contributed by atoms with Crippen LogP contribution in [0.2, 0.25) is 5.02 Å². The summed E-state index contributed by atoms with van der Waals surface area (Å²) >= 11 is 6.01. The molecule has 0 unspecified atom stereocenters. The lowest BCUT2D eigenvalue weighted by molar-refractivity contribution is -0.384. The van der Waals surface area contributed by atoms with Gasteiger partial charge in [-0.15, -0.1) is 0 Å². The van der Waals surface area contributed by atoms with Crippen molar-refractivity contribution in [2.24, 2.45) is 0 Å². The molecule has 0 aliphatic carbocycles. The second kappa shape index (κ2) is 7.24. The molecule has 0 saturated heterocycles. The molecule has 1 amide bonds. The van der Waals surface area contributed by atoms with Crippen molar-refractivity contribution < 1.29 is 9.72 Å². The third kappa shape index (κ3) is 4.07. The first-order valence-corrected chi connectivity index (χ1v) is 7.61. The normalized spacial score (nSPS) is 11.8. The average Bonchev–Trinajstić information content (AvgIpc) is 2.53. The van der Waals surface area contributed by atoms with Gasteiger partial charge in [-0.25, -0.2) is 0 Å². The predicted molar refractivity (Wildman–Crippen MR) is 89.8 cm³/mol. The van der Waals surface area contributed by atoms with Crippen LogP contribution in [0.3, 0.4) is 0 Å². The Kier molecular flexibility index (Phi) is 5.34. The van der Waals surface area contributed by atoms with Gasteiger partial charge in [-0.3, -0.25) is 14.9 Å². The van der Waals surface area contributed by atoms with Gasteiger partial charge in [-0.05, 0) is 25.0 Å². The summed E-state index contributed by atoms with van der Waals surface area (Å²) in [5, 5.41) is 13.9. The maximum Gasteiger partial charge on any atom is 0.270 e. The average molecular weight is 333 g/mol. The minimum atomic E-state index is -0.551. The fourth-order valence-corrected chi connectivity index (χ4v) is 2.46. The summed E-state index contributed by atoms with van der Waals surface area (Å²) in [6.45, 7) is 3.95. The van der Waals surface area contributed by atoms with Crippen LogP contribution in [0.5, 0.6) is 0 Å². The summed E-state index contributed by atoms with van der Waals surface area (Å²) in [7, 11) is 0. The number of benzene rings is 2. The molecular weight excluding hydrogens is 316 g/mol. The molecule has 120 valence electrons. The van der Waals surface area contributed by atoms with Crippen molar-refractivity contribution in [3.8, 4) is 0 Å². The molecule has 2 aromatic rings. The number of rotatable bonds is 5. The van der Waals surface area contributed by atoms with Crippen LogP contribution in [0.25, 0.3) is 0 Å². The van der Waals surface area contributed by atoms with Gasteiger partial charge in [0.15, 0.2) is 0 Å². The van der Waals surface area contributed by atoms with E-state index >= 15 is 0 Å². The number of nitrogens with zero attached hydrogens (tertiary/aromatic N) is 1. The number of carbonyl (C=O) groups excluding carboxylic acids is 1. The first kappa shape index (κ1) is 17.0. The smallest absolute Gasteiger partial charge is 0.270 e. The number of hydrogen-bond donors (Lipinski definition) is 1. The van der Waals surface area contributed by atoms with Crippen LogP contribution < -0.4 is 5.32 Å². The third-order valence-electron chi connectivity index (χ3n) is 3.60. The van der Waals surface area contributed by atoms with Crippen molar-refractivity contribution in [3.63, 3.8) is 0 Å². The van der Waals surface area contributed by atoms with Crippen LogP contribution in [0.1, 0.15) is 40.9 Å². The van der Waals surface area contributed by atoms with Gasteiger partial charge >= 0.3 is 0 Å². The highest BCUT2D eigenvalue weighted by Crippen LogP contribution is 2.24. The molecule has 1 atom stereocenters. The number of hydrogen-bond acceptors (Lipinski definition) is 3. The fraction of sp³-hybridized carbons (Fsp3) is 0.235. The van der Waals surface area contributed by atoms with E-state index in [1.165, 1.54) is 18.2 Å². The van der Waals surface area contributed by atoms with Crippen LogP contribution >= 0.6 is 11.6 Å². The highest BCUT2D eigenvalue weighted by atomic mass is 35.5. The molecule has 2 aromatic carbocycles. The number of amides is 1. The number of halogens is 1. The lowest BCUT2D eigenvalue weighted by Gasteiger charge is -2.18. The Morgan fingerprint density at radius 1 is 1.26 bits per heavy atom. The van der Waals surface area contributed by atoms with Gasteiger partial charge in [0.05, 0.1) is 21.6 Å². The highest BCUT2D eigenvalue weighted by Gasteiger charge is 2.19. The second-order valence-corrected chi connectivity index (χ2v) is 5.67. The number of nitrogens with one attached hydrogen (secondary N) is 1. The van der Waals surface area contributed by atoms with Crippen molar-refractivity contribution in [3.05, 3.63) is 74.3 Å². The van der Waals surface area contributed by atoms with Gasteiger partial charge in [0, 0.05) is 12.1 Å². The van der Waals surface area contributed by atoms with Crippen LogP contribution in [-0.2, 0) is 0 Å². The van der Waals surface area contributed by atoms with Crippen LogP contribution in [-0.4, -0.2) is 10.8 Å². The Balaban J connectivity index is 2.24. The molecule has 0 saturated carbocycles. The van der Waals surface area contributed by atoms with Crippen molar-refractivity contribution in [1.82, 2.24) is 5.32 Å². The quantitative estimate of drug-likeness (QED) is 0.650. The van der Waals surface area contributed by atoms with Gasteiger partial charge < -0.3 is 5.32 Å². The maximum atomic E-state index is 12.4. The Bertz CT molecular complexity index is 729. The molecule has 0 aliphatic heterocycles. The van der Waals surface area contributed by atoms with E-state index in [-0.39, 0.29) is 22.3 Å². The van der Waals surface area contributed by atoms with Crippen molar-refractivity contribution in [2.75, 3.05) is 0 Å². The van der Waals surface area contributed by atoms with Crippen molar-refractivity contribution >= 4 is 23.2 Å². The molecular formula is C17H17ClN2O3. The lowest BCUT2D eigenvalue weighted by atomic mass is 10.0. The van der Waals surface area contributed by atoms with Gasteiger partial charge in [0.1, 0.15) is 0 Å². The standard InChI is InChI=1S/C17H17ClN2O3/c1-3-16(12-6-4-11(2)5-7-12)19-17(21)14-10-13(20(22)23)8-9-15(14)18/h4-10,16H,3H2,1-2H3,(H,19,21)/t16-/m1/s1. The fourth-order valence-electron chi connectivity index (χ4n) is 2.26. The number of nitro benzene ring substituents is 1. The lowest BCUT2D eigenvalue weighted by Crippen LogP contribution is -2.28. The maximum absolute atomic E-state index is 12.4. The van der Waals surface area contributed by atoms with Crippen LogP contribution in [0.15, 0.2) is 42.5 Å². The van der Waals surface area contributed by atoms with E-state index in [2.05, 4.69) is 5.32 Å². The summed E-state index contributed by atoms with van der Waals surface area (Å²) in [5.41, 5.74) is 2.05. The molecule has 0 fully saturated rings. The van der Waals surface area contributed by atoms with E-state index in [9.17, 15) is 14.9 Å². The summed E-state index contributed by atoms with van der Waals surface area (Å²) in [5.74, 6) is -0.425. The van der Waals surface area contributed by atoms with Gasteiger partial charge in [-0.2, -0.15) is 0 Å². The van der Waals surface area contributed by atoms with E-state index in [1.807, 2.05) is 38.1 Å². The molecule has 6 heteroatoms. The first-order chi connectivity index (χ1) is 10.9. The Labute approximate surface area is 139 Å². The van der Waals surface area contributed by atoms with Crippen molar-refractivity contribution in [1.29, 1.82) is 0 Å². The Morgan fingerprint density at radius 2 is 1.91 bits per heavy atom. The number of non-ortho nitro benzene ring substituents is 1. The molecule has 0 aromatic heterocycles. The number of nitro groups is 1. The number of carbonyl (C=O) groups is 1. The Morgan fingerprint density at radius 3 is 2.48 bits per heavy atom.